The number of urea groups is 1. The van der Waals surface area contributed by atoms with E-state index in [2.05, 4.69) is 17.6 Å². The minimum Gasteiger partial charge on any atom is -0.338 e. The van der Waals surface area contributed by atoms with Crippen molar-refractivity contribution < 1.29 is 4.79 Å². The molecule has 3 nitrogen and oxygen atoms in total. The van der Waals surface area contributed by atoms with Crippen LogP contribution in [-0.2, 0) is 0 Å². The number of nitrogens with one attached hydrogen (secondary N) is 2. The molecule has 0 aromatic carbocycles. The van der Waals surface area contributed by atoms with Crippen molar-refractivity contribution >= 4 is 6.03 Å². The zero-order valence-electron chi connectivity index (χ0n) is 9.36. The van der Waals surface area contributed by atoms with Crippen LogP contribution in [0.1, 0.15) is 46.0 Å². The second kappa shape index (κ2) is 5.23. The van der Waals surface area contributed by atoms with E-state index < -0.39 is 0 Å². The summed E-state index contributed by atoms with van der Waals surface area (Å²) in [5.41, 5.74) is 0.337. The Balaban J connectivity index is 2.24. The predicted molar refractivity (Wildman–Crippen MR) is 58.3 cm³/mol. The molecule has 1 aliphatic carbocycles. The molecule has 0 heterocycles. The summed E-state index contributed by atoms with van der Waals surface area (Å²) < 4.78 is 0. The van der Waals surface area contributed by atoms with Gasteiger partial charge in [-0.15, -0.1) is 0 Å². The molecule has 0 atom stereocenters. The number of amides is 2. The molecular formula is C11H22N2O. The molecule has 1 saturated carbocycles. The number of carbonyl (C=O) groups excluding carboxylic acids is 1. The van der Waals surface area contributed by atoms with Crippen LogP contribution in [0.5, 0.6) is 0 Å². The highest BCUT2D eigenvalue weighted by atomic mass is 16.2. The van der Waals surface area contributed by atoms with E-state index in [4.69, 9.17) is 0 Å². The summed E-state index contributed by atoms with van der Waals surface area (Å²) in [6.45, 7) is 5.72. The molecule has 0 spiro atoms. The molecule has 1 rings (SSSR count). The molecule has 0 aromatic rings. The molecule has 2 amide bonds. The van der Waals surface area contributed by atoms with E-state index in [1.165, 1.54) is 32.1 Å². The van der Waals surface area contributed by atoms with E-state index in [1.54, 1.807) is 0 Å². The lowest BCUT2D eigenvalue weighted by atomic mass is 9.76. The van der Waals surface area contributed by atoms with Crippen molar-refractivity contribution in [2.24, 2.45) is 5.41 Å². The van der Waals surface area contributed by atoms with E-state index in [0.29, 0.717) is 12.0 Å². The van der Waals surface area contributed by atoms with Crippen LogP contribution in [-0.4, -0.2) is 19.1 Å². The highest BCUT2D eigenvalue weighted by Crippen LogP contribution is 2.34. The third kappa shape index (κ3) is 3.56. The van der Waals surface area contributed by atoms with Crippen molar-refractivity contribution in [1.82, 2.24) is 10.6 Å². The van der Waals surface area contributed by atoms with Crippen molar-refractivity contribution in [3.8, 4) is 0 Å². The summed E-state index contributed by atoms with van der Waals surface area (Å²) in [6, 6.07) is -0.0284. The van der Waals surface area contributed by atoms with Crippen LogP contribution in [0.3, 0.4) is 0 Å². The Bertz CT molecular complexity index is 186. The fourth-order valence-corrected chi connectivity index (χ4v) is 2.10. The minimum atomic E-state index is -0.0284. The quantitative estimate of drug-likeness (QED) is 0.717. The van der Waals surface area contributed by atoms with Gasteiger partial charge in [0.2, 0.25) is 0 Å². The molecule has 1 aliphatic rings. The van der Waals surface area contributed by atoms with Crippen LogP contribution in [0.15, 0.2) is 0 Å². The van der Waals surface area contributed by atoms with Gasteiger partial charge in [-0.05, 0) is 25.2 Å². The van der Waals surface area contributed by atoms with E-state index in [-0.39, 0.29) is 6.03 Å². The molecular weight excluding hydrogens is 176 g/mol. The Labute approximate surface area is 86.6 Å². The Morgan fingerprint density at radius 2 is 1.86 bits per heavy atom. The zero-order chi connectivity index (χ0) is 10.4. The van der Waals surface area contributed by atoms with E-state index >= 15 is 0 Å². The summed E-state index contributed by atoms with van der Waals surface area (Å²) in [7, 11) is 0. The molecule has 0 saturated heterocycles. The lowest BCUT2D eigenvalue weighted by Crippen LogP contribution is -2.42. The monoisotopic (exact) mass is 198 g/mol. The highest BCUT2D eigenvalue weighted by Gasteiger charge is 2.26. The van der Waals surface area contributed by atoms with Gasteiger partial charge in [0.15, 0.2) is 0 Å². The Morgan fingerprint density at radius 1 is 1.21 bits per heavy atom. The van der Waals surface area contributed by atoms with Crippen molar-refractivity contribution in [3.05, 3.63) is 0 Å². The van der Waals surface area contributed by atoms with Gasteiger partial charge in [-0.25, -0.2) is 4.79 Å². The van der Waals surface area contributed by atoms with Crippen molar-refractivity contribution in [1.29, 1.82) is 0 Å². The van der Waals surface area contributed by atoms with Crippen LogP contribution in [0, 0.1) is 5.41 Å². The number of hydrogen-bond donors (Lipinski definition) is 2. The standard InChI is InChI=1S/C11H22N2O/c1-3-12-10(14)13-9-11(2)7-5-4-6-8-11/h3-9H2,1-2H3,(H2,12,13,14). The van der Waals surface area contributed by atoms with E-state index in [1.807, 2.05) is 6.92 Å². The van der Waals surface area contributed by atoms with Crippen molar-refractivity contribution in [2.45, 2.75) is 46.0 Å². The van der Waals surface area contributed by atoms with Crippen molar-refractivity contribution in [2.75, 3.05) is 13.1 Å². The van der Waals surface area contributed by atoms with Crippen LogP contribution in [0.25, 0.3) is 0 Å². The number of rotatable bonds is 3. The summed E-state index contributed by atoms with van der Waals surface area (Å²) in [5, 5.41) is 5.70. The predicted octanol–water partition coefficient (Wildman–Crippen LogP) is 2.28. The Morgan fingerprint density at radius 3 is 2.43 bits per heavy atom. The second-order valence-corrected chi connectivity index (χ2v) is 4.58. The maximum atomic E-state index is 11.2. The highest BCUT2D eigenvalue weighted by molar-refractivity contribution is 5.73. The van der Waals surface area contributed by atoms with Crippen LogP contribution in [0.4, 0.5) is 4.79 Å². The lowest BCUT2D eigenvalue weighted by molar-refractivity contribution is 0.199. The third-order valence-electron chi connectivity index (χ3n) is 3.07. The molecule has 1 fully saturated rings. The normalized spacial score (nSPS) is 20.1. The first kappa shape index (κ1) is 11.3. The smallest absolute Gasteiger partial charge is 0.314 e. The first-order chi connectivity index (χ1) is 6.66. The topological polar surface area (TPSA) is 41.1 Å². The largest absolute Gasteiger partial charge is 0.338 e. The molecule has 0 unspecified atom stereocenters. The van der Waals surface area contributed by atoms with E-state index in [0.717, 1.165) is 6.54 Å². The van der Waals surface area contributed by atoms with E-state index in [9.17, 15) is 4.79 Å². The SMILES string of the molecule is CCNC(=O)NCC1(C)CCCCC1. The molecule has 14 heavy (non-hydrogen) atoms. The average molecular weight is 198 g/mol. The molecule has 0 aromatic heterocycles. The maximum absolute atomic E-state index is 11.2. The first-order valence-corrected chi connectivity index (χ1v) is 5.68. The number of hydrogen-bond acceptors (Lipinski definition) is 1. The van der Waals surface area contributed by atoms with Gasteiger partial charge in [0.25, 0.3) is 0 Å². The fourth-order valence-electron chi connectivity index (χ4n) is 2.10. The van der Waals surface area contributed by atoms with Gasteiger partial charge >= 0.3 is 6.03 Å². The summed E-state index contributed by atoms with van der Waals surface area (Å²) in [5.74, 6) is 0. The molecule has 0 bridgehead atoms. The zero-order valence-corrected chi connectivity index (χ0v) is 9.36. The second-order valence-electron chi connectivity index (χ2n) is 4.58. The van der Waals surface area contributed by atoms with Crippen LogP contribution >= 0.6 is 0 Å². The van der Waals surface area contributed by atoms with Gasteiger partial charge in [-0.3, -0.25) is 0 Å². The Hall–Kier alpha value is -0.730. The summed E-state index contributed by atoms with van der Waals surface area (Å²) in [4.78, 5) is 11.2. The van der Waals surface area contributed by atoms with Gasteiger partial charge in [0, 0.05) is 13.1 Å². The van der Waals surface area contributed by atoms with Gasteiger partial charge < -0.3 is 10.6 Å². The molecule has 82 valence electrons. The summed E-state index contributed by atoms with van der Waals surface area (Å²) >= 11 is 0. The molecule has 3 heteroatoms. The Kier molecular flexibility index (Phi) is 4.23. The fraction of sp³-hybridized carbons (Fsp3) is 0.909. The minimum absolute atomic E-state index is 0.0284. The first-order valence-electron chi connectivity index (χ1n) is 5.68. The van der Waals surface area contributed by atoms with Gasteiger partial charge in [-0.2, -0.15) is 0 Å². The van der Waals surface area contributed by atoms with Crippen LogP contribution < -0.4 is 10.6 Å². The maximum Gasteiger partial charge on any atom is 0.314 e. The van der Waals surface area contributed by atoms with Gasteiger partial charge in [-0.1, -0.05) is 26.2 Å². The summed E-state index contributed by atoms with van der Waals surface area (Å²) in [6.07, 6.45) is 6.48. The molecule has 2 N–H and O–H groups in total. The van der Waals surface area contributed by atoms with Crippen molar-refractivity contribution in [3.63, 3.8) is 0 Å². The molecule has 0 radical (unpaired) electrons. The van der Waals surface area contributed by atoms with Gasteiger partial charge in [0.1, 0.15) is 0 Å². The third-order valence-corrected chi connectivity index (χ3v) is 3.07. The number of carbonyl (C=O) groups is 1. The lowest BCUT2D eigenvalue weighted by Gasteiger charge is -2.33. The average Bonchev–Trinajstić information content (AvgIpc) is 2.17. The van der Waals surface area contributed by atoms with Gasteiger partial charge in [0.05, 0.1) is 0 Å². The van der Waals surface area contributed by atoms with Crippen LogP contribution in [0.2, 0.25) is 0 Å². The molecule has 0 aliphatic heterocycles.